The summed E-state index contributed by atoms with van der Waals surface area (Å²) in [4.78, 5) is 27.8. The molecule has 1 atom stereocenters. The Hall–Kier alpha value is -1.32. The third-order valence-electron chi connectivity index (χ3n) is 3.57. The fourth-order valence-corrected chi connectivity index (χ4v) is 2.64. The molecule has 2 aliphatic heterocycles. The molecule has 2 saturated heterocycles. The van der Waals surface area contributed by atoms with Crippen molar-refractivity contribution in [2.24, 2.45) is 0 Å². The lowest BCUT2D eigenvalue weighted by molar-refractivity contribution is -0.139. The van der Waals surface area contributed by atoms with Crippen molar-refractivity contribution < 1.29 is 9.59 Å². The van der Waals surface area contributed by atoms with Crippen molar-refractivity contribution in [1.82, 2.24) is 9.80 Å². The van der Waals surface area contributed by atoms with Crippen molar-refractivity contribution in [3.05, 3.63) is 12.2 Å². The molecule has 0 bridgehead atoms. The van der Waals surface area contributed by atoms with Crippen LogP contribution in [0.5, 0.6) is 0 Å². The zero-order valence-corrected chi connectivity index (χ0v) is 10.4. The van der Waals surface area contributed by atoms with Gasteiger partial charge in [0.1, 0.15) is 6.04 Å². The highest BCUT2D eigenvalue weighted by atomic mass is 16.2. The minimum absolute atomic E-state index is 0.148. The number of hydrogen-bond donors (Lipinski definition) is 0. The minimum atomic E-state index is -0.171. The molecular weight excluding hydrogens is 216 g/mol. The van der Waals surface area contributed by atoms with Gasteiger partial charge in [0, 0.05) is 26.1 Å². The molecule has 0 aromatic rings. The number of carbonyl (C=O) groups excluding carboxylic acids is 2. The van der Waals surface area contributed by atoms with E-state index in [2.05, 4.69) is 6.08 Å². The van der Waals surface area contributed by atoms with E-state index in [9.17, 15) is 9.59 Å². The van der Waals surface area contributed by atoms with Crippen LogP contribution >= 0.6 is 0 Å². The van der Waals surface area contributed by atoms with Crippen molar-refractivity contribution in [2.45, 2.75) is 38.6 Å². The summed E-state index contributed by atoms with van der Waals surface area (Å²) in [6.07, 6.45) is 7.22. The lowest BCUT2D eigenvalue weighted by Crippen LogP contribution is -2.43. The molecule has 2 rings (SSSR count). The van der Waals surface area contributed by atoms with Crippen LogP contribution in [0, 0.1) is 0 Å². The summed E-state index contributed by atoms with van der Waals surface area (Å²) in [5, 5.41) is 0. The van der Waals surface area contributed by atoms with E-state index in [0.29, 0.717) is 13.0 Å². The van der Waals surface area contributed by atoms with E-state index >= 15 is 0 Å². The zero-order chi connectivity index (χ0) is 12.3. The molecule has 0 radical (unpaired) electrons. The van der Waals surface area contributed by atoms with Crippen molar-refractivity contribution in [3.8, 4) is 0 Å². The third-order valence-corrected chi connectivity index (χ3v) is 3.57. The first kappa shape index (κ1) is 12.1. The SMILES string of the molecule is C/C=C/CCN1CCC(=O)N2CCCC2C1=O. The van der Waals surface area contributed by atoms with Gasteiger partial charge >= 0.3 is 0 Å². The monoisotopic (exact) mass is 236 g/mol. The number of allylic oxidation sites excluding steroid dienone is 1. The lowest BCUT2D eigenvalue weighted by atomic mass is 10.2. The number of hydrogen-bond acceptors (Lipinski definition) is 2. The molecular formula is C13H20N2O2. The second-order valence-corrected chi connectivity index (χ2v) is 4.68. The van der Waals surface area contributed by atoms with E-state index in [1.165, 1.54) is 0 Å². The molecule has 0 N–H and O–H groups in total. The predicted octanol–water partition coefficient (Wildman–Crippen LogP) is 1.18. The van der Waals surface area contributed by atoms with Gasteiger partial charge in [-0.2, -0.15) is 0 Å². The number of fused-ring (bicyclic) bond motifs is 1. The standard InChI is InChI=1S/C13H20N2O2/c1-2-3-4-8-14-10-7-12(16)15-9-5-6-11(15)13(14)17/h2-3,11H,4-10H2,1H3/b3-2+. The highest BCUT2D eigenvalue weighted by molar-refractivity contribution is 5.90. The number of nitrogens with zero attached hydrogens (tertiary/aromatic N) is 2. The average molecular weight is 236 g/mol. The van der Waals surface area contributed by atoms with E-state index in [4.69, 9.17) is 0 Å². The van der Waals surface area contributed by atoms with Gasteiger partial charge in [0.15, 0.2) is 0 Å². The second-order valence-electron chi connectivity index (χ2n) is 4.68. The molecule has 2 fully saturated rings. The fourth-order valence-electron chi connectivity index (χ4n) is 2.64. The van der Waals surface area contributed by atoms with E-state index < -0.39 is 0 Å². The Bertz CT molecular complexity index is 338. The van der Waals surface area contributed by atoms with Crippen LogP contribution in [-0.2, 0) is 9.59 Å². The van der Waals surface area contributed by atoms with Crippen LogP contribution in [0.25, 0.3) is 0 Å². The molecule has 0 aromatic carbocycles. The maximum absolute atomic E-state index is 12.3. The quantitative estimate of drug-likeness (QED) is 0.690. The van der Waals surface area contributed by atoms with Crippen LogP contribution in [0.1, 0.15) is 32.6 Å². The largest absolute Gasteiger partial charge is 0.340 e. The first-order valence-corrected chi connectivity index (χ1v) is 6.43. The Labute approximate surface area is 102 Å². The van der Waals surface area contributed by atoms with Gasteiger partial charge in [-0.1, -0.05) is 12.2 Å². The Morgan fingerprint density at radius 1 is 1.35 bits per heavy atom. The molecule has 0 saturated carbocycles. The van der Waals surface area contributed by atoms with Crippen LogP contribution in [0.15, 0.2) is 12.2 Å². The molecule has 2 amide bonds. The molecule has 4 nitrogen and oxygen atoms in total. The molecule has 17 heavy (non-hydrogen) atoms. The summed E-state index contributed by atoms with van der Waals surface area (Å²) in [5.41, 5.74) is 0. The summed E-state index contributed by atoms with van der Waals surface area (Å²) < 4.78 is 0. The summed E-state index contributed by atoms with van der Waals surface area (Å²) >= 11 is 0. The summed E-state index contributed by atoms with van der Waals surface area (Å²) in [6, 6.07) is -0.171. The molecule has 4 heteroatoms. The zero-order valence-electron chi connectivity index (χ0n) is 10.4. The van der Waals surface area contributed by atoms with E-state index in [1.807, 2.05) is 17.9 Å². The Balaban J connectivity index is 2.03. The van der Waals surface area contributed by atoms with E-state index in [1.54, 1.807) is 4.90 Å². The Morgan fingerprint density at radius 3 is 2.94 bits per heavy atom. The molecule has 0 aromatic heterocycles. The van der Waals surface area contributed by atoms with E-state index in [0.717, 1.165) is 32.4 Å². The fraction of sp³-hybridized carbons (Fsp3) is 0.692. The van der Waals surface area contributed by atoms with Gasteiger partial charge in [0.2, 0.25) is 11.8 Å². The van der Waals surface area contributed by atoms with Crippen molar-refractivity contribution in [1.29, 1.82) is 0 Å². The first-order valence-electron chi connectivity index (χ1n) is 6.43. The minimum Gasteiger partial charge on any atom is -0.340 e. The van der Waals surface area contributed by atoms with Gasteiger partial charge in [0.05, 0.1) is 0 Å². The smallest absolute Gasteiger partial charge is 0.245 e. The molecule has 0 spiro atoms. The number of rotatable bonds is 3. The van der Waals surface area contributed by atoms with Crippen LogP contribution in [0.4, 0.5) is 0 Å². The highest BCUT2D eigenvalue weighted by Gasteiger charge is 2.38. The average Bonchev–Trinajstić information content (AvgIpc) is 2.77. The van der Waals surface area contributed by atoms with Crippen LogP contribution in [-0.4, -0.2) is 47.3 Å². The topological polar surface area (TPSA) is 40.6 Å². The van der Waals surface area contributed by atoms with Gasteiger partial charge in [-0.25, -0.2) is 0 Å². The second kappa shape index (κ2) is 5.34. The Morgan fingerprint density at radius 2 is 2.18 bits per heavy atom. The van der Waals surface area contributed by atoms with Crippen molar-refractivity contribution in [2.75, 3.05) is 19.6 Å². The van der Waals surface area contributed by atoms with Crippen LogP contribution in [0.3, 0.4) is 0 Å². The molecule has 1 unspecified atom stereocenters. The van der Waals surface area contributed by atoms with Crippen LogP contribution in [0.2, 0.25) is 0 Å². The van der Waals surface area contributed by atoms with Crippen LogP contribution < -0.4 is 0 Å². The van der Waals surface area contributed by atoms with E-state index in [-0.39, 0.29) is 17.9 Å². The predicted molar refractivity (Wildman–Crippen MR) is 65.4 cm³/mol. The highest BCUT2D eigenvalue weighted by Crippen LogP contribution is 2.23. The van der Waals surface area contributed by atoms with Gasteiger partial charge in [-0.05, 0) is 26.2 Å². The maximum Gasteiger partial charge on any atom is 0.245 e. The molecule has 0 aliphatic carbocycles. The maximum atomic E-state index is 12.3. The normalized spacial score (nSPS) is 25.6. The van der Waals surface area contributed by atoms with Gasteiger partial charge in [0.25, 0.3) is 0 Å². The third kappa shape index (κ3) is 2.51. The summed E-state index contributed by atoms with van der Waals surface area (Å²) in [7, 11) is 0. The summed E-state index contributed by atoms with van der Waals surface area (Å²) in [6.45, 7) is 4.06. The van der Waals surface area contributed by atoms with Crippen molar-refractivity contribution in [3.63, 3.8) is 0 Å². The van der Waals surface area contributed by atoms with Gasteiger partial charge in [-0.3, -0.25) is 9.59 Å². The molecule has 2 aliphatic rings. The first-order chi connectivity index (χ1) is 8.24. The number of carbonyl (C=O) groups is 2. The Kier molecular flexibility index (Phi) is 3.82. The summed E-state index contributed by atoms with van der Waals surface area (Å²) in [5.74, 6) is 0.298. The molecule has 94 valence electrons. The molecule has 2 heterocycles. The van der Waals surface area contributed by atoms with Gasteiger partial charge < -0.3 is 9.80 Å². The van der Waals surface area contributed by atoms with Crippen molar-refractivity contribution >= 4 is 11.8 Å². The van der Waals surface area contributed by atoms with Gasteiger partial charge in [-0.15, -0.1) is 0 Å². The number of amides is 2. The lowest BCUT2D eigenvalue weighted by Gasteiger charge is -2.24.